The molecule has 0 aliphatic carbocycles. The summed E-state index contributed by atoms with van der Waals surface area (Å²) in [5.41, 5.74) is 0.431. The van der Waals surface area contributed by atoms with E-state index in [9.17, 15) is 4.79 Å². The van der Waals surface area contributed by atoms with Gasteiger partial charge >= 0.3 is 5.97 Å². The maximum absolute atomic E-state index is 11.5. The van der Waals surface area contributed by atoms with Crippen molar-refractivity contribution in [2.45, 2.75) is 13.5 Å². The Hall–Kier alpha value is -1.57. The van der Waals surface area contributed by atoms with Crippen molar-refractivity contribution >= 4 is 17.6 Å². The van der Waals surface area contributed by atoms with E-state index < -0.39 is 12.6 Å². The molecule has 0 unspecified atom stereocenters. The highest BCUT2D eigenvalue weighted by Crippen LogP contribution is 2.23. The Morgan fingerprint density at radius 3 is 2.81 bits per heavy atom. The van der Waals surface area contributed by atoms with Gasteiger partial charge in [-0.3, -0.25) is 0 Å². The quantitative estimate of drug-likeness (QED) is 0.818. The van der Waals surface area contributed by atoms with Gasteiger partial charge in [-0.2, -0.15) is 5.26 Å². The minimum absolute atomic E-state index is 0.0634. The normalized spacial score (nSPS) is 9.62. The Morgan fingerprint density at radius 2 is 2.31 bits per heavy atom. The maximum atomic E-state index is 11.5. The average molecular weight is 240 g/mol. The highest BCUT2D eigenvalue weighted by Gasteiger charge is 2.17. The molecule has 1 aromatic rings. The van der Waals surface area contributed by atoms with Crippen LogP contribution >= 0.6 is 11.6 Å². The third-order valence-corrected chi connectivity index (χ3v) is 2.38. The van der Waals surface area contributed by atoms with Crippen LogP contribution in [0.4, 0.5) is 0 Å². The number of hydrogen-bond donors (Lipinski definition) is 1. The number of carbonyl (C=O) groups is 1. The molecule has 0 fully saturated rings. The molecule has 1 rings (SSSR count). The molecule has 0 aliphatic rings. The molecule has 4 nitrogen and oxygen atoms in total. The van der Waals surface area contributed by atoms with Crippen LogP contribution in [0, 0.1) is 11.3 Å². The van der Waals surface area contributed by atoms with E-state index in [1.165, 1.54) is 12.1 Å². The second-order valence-electron chi connectivity index (χ2n) is 2.94. The Bertz CT molecular complexity index is 451. The van der Waals surface area contributed by atoms with Crippen LogP contribution in [-0.4, -0.2) is 17.7 Å². The van der Waals surface area contributed by atoms with Crippen molar-refractivity contribution in [3.8, 4) is 6.07 Å². The molecule has 5 heteroatoms. The van der Waals surface area contributed by atoms with E-state index in [1.807, 2.05) is 6.07 Å². The molecule has 0 aliphatic heterocycles. The Balaban J connectivity index is 3.31. The molecule has 0 amide bonds. The van der Waals surface area contributed by atoms with Crippen molar-refractivity contribution in [3.05, 3.63) is 33.8 Å². The zero-order valence-corrected chi connectivity index (χ0v) is 9.41. The molecular formula is C11H10ClNO3. The number of halogens is 1. The van der Waals surface area contributed by atoms with Crippen molar-refractivity contribution in [1.29, 1.82) is 5.26 Å². The van der Waals surface area contributed by atoms with Gasteiger partial charge in [0.15, 0.2) is 0 Å². The van der Waals surface area contributed by atoms with Crippen molar-refractivity contribution in [2.24, 2.45) is 0 Å². The van der Waals surface area contributed by atoms with E-state index in [0.29, 0.717) is 0 Å². The summed E-state index contributed by atoms with van der Waals surface area (Å²) in [6.07, 6.45) is 0. The van der Waals surface area contributed by atoms with E-state index in [2.05, 4.69) is 0 Å². The second-order valence-corrected chi connectivity index (χ2v) is 3.35. The van der Waals surface area contributed by atoms with Gasteiger partial charge in [-0.1, -0.05) is 11.6 Å². The van der Waals surface area contributed by atoms with Gasteiger partial charge < -0.3 is 9.84 Å². The average Bonchev–Trinajstić information content (AvgIpc) is 2.28. The minimum Gasteiger partial charge on any atom is -0.462 e. The van der Waals surface area contributed by atoms with Crippen LogP contribution in [0.1, 0.15) is 28.4 Å². The monoisotopic (exact) mass is 239 g/mol. The summed E-state index contributed by atoms with van der Waals surface area (Å²) in [4.78, 5) is 11.5. The third kappa shape index (κ3) is 2.32. The van der Waals surface area contributed by atoms with Crippen LogP contribution in [0.5, 0.6) is 0 Å². The Morgan fingerprint density at radius 1 is 1.62 bits per heavy atom. The lowest BCUT2D eigenvalue weighted by atomic mass is 10.0. The number of carbonyl (C=O) groups excluding carboxylic acids is 1. The largest absolute Gasteiger partial charge is 0.462 e. The molecular weight excluding hydrogens is 230 g/mol. The lowest BCUT2D eigenvalue weighted by Gasteiger charge is -2.08. The van der Waals surface area contributed by atoms with Crippen LogP contribution in [0.15, 0.2) is 12.1 Å². The molecule has 0 radical (unpaired) electrons. The highest BCUT2D eigenvalue weighted by atomic mass is 35.5. The van der Waals surface area contributed by atoms with Crippen LogP contribution in [0.3, 0.4) is 0 Å². The summed E-state index contributed by atoms with van der Waals surface area (Å²) in [5, 5.41) is 18.3. The van der Waals surface area contributed by atoms with E-state index in [-0.39, 0.29) is 28.3 Å². The summed E-state index contributed by atoms with van der Waals surface area (Å²) in [5.74, 6) is -0.592. The fourth-order valence-electron chi connectivity index (χ4n) is 1.28. The van der Waals surface area contributed by atoms with Crippen LogP contribution in [0.2, 0.25) is 5.02 Å². The fraction of sp³-hybridized carbons (Fsp3) is 0.273. The zero-order valence-electron chi connectivity index (χ0n) is 8.66. The first-order valence-corrected chi connectivity index (χ1v) is 5.03. The first-order valence-electron chi connectivity index (χ1n) is 4.65. The molecule has 0 bridgehead atoms. The smallest absolute Gasteiger partial charge is 0.339 e. The van der Waals surface area contributed by atoms with Crippen molar-refractivity contribution in [3.63, 3.8) is 0 Å². The standard InChI is InChI=1S/C11H10ClNO3/c1-2-16-11(15)7-3-4-10(12)9(6-14)8(7)5-13/h3-4,14H,2,6H2,1H3. The summed E-state index contributed by atoms with van der Waals surface area (Å²) < 4.78 is 4.80. The molecule has 0 atom stereocenters. The maximum Gasteiger partial charge on any atom is 0.339 e. The van der Waals surface area contributed by atoms with E-state index in [4.69, 9.17) is 26.7 Å². The van der Waals surface area contributed by atoms with E-state index in [0.717, 1.165) is 0 Å². The van der Waals surface area contributed by atoms with Crippen LogP contribution in [-0.2, 0) is 11.3 Å². The SMILES string of the molecule is CCOC(=O)c1ccc(Cl)c(CO)c1C#N. The molecule has 0 spiro atoms. The summed E-state index contributed by atoms with van der Waals surface area (Å²) in [7, 11) is 0. The molecule has 1 N–H and O–H groups in total. The molecule has 0 aromatic heterocycles. The lowest BCUT2D eigenvalue weighted by molar-refractivity contribution is 0.0526. The minimum atomic E-state index is -0.592. The number of rotatable bonds is 3. The summed E-state index contributed by atoms with van der Waals surface area (Å²) >= 11 is 5.80. The van der Waals surface area contributed by atoms with Gasteiger partial charge in [-0.05, 0) is 19.1 Å². The topological polar surface area (TPSA) is 70.3 Å². The zero-order chi connectivity index (χ0) is 12.1. The van der Waals surface area contributed by atoms with E-state index >= 15 is 0 Å². The van der Waals surface area contributed by atoms with E-state index in [1.54, 1.807) is 6.92 Å². The molecule has 16 heavy (non-hydrogen) atoms. The fourth-order valence-corrected chi connectivity index (χ4v) is 1.50. The number of hydrogen-bond acceptors (Lipinski definition) is 4. The van der Waals surface area contributed by atoms with Gasteiger partial charge in [0, 0.05) is 10.6 Å². The number of benzene rings is 1. The third-order valence-electron chi connectivity index (χ3n) is 2.02. The number of aliphatic hydroxyl groups is 1. The van der Waals surface area contributed by atoms with Crippen molar-refractivity contribution < 1.29 is 14.6 Å². The van der Waals surface area contributed by atoms with Gasteiger partial charge in [0.05, 0.1) is 24.3 Å². The molecule has 84 valence electrons. The summed E-state index contributed by atoms with van der Waals surface area (Å²) in [6.45, 7) is 1.50. The number of ether oxygens (including phenoxy) is 1. The number of nitriles is 1. The number of aliphatic hydroxyl groups excluding tert-OH is 1. The molecule has 0 saturated carbocycles. The Kier molecular flexibility index (Phi) is 4.29. The highest BCUT2D eigenvalue weighted by molar-refractivity contribution is 6.31. The molecule has 0 heterocycles. The Labute approximate surface area is 98.0 Å². The molecule has 0 saturated heterocycles. The number of nitrogens with zero attached hydrogens (tertiary/aromatic N) is 1. The first-order chi connectivity index (χ1) is 7.65. The predicted octanol–water partition coefficient (Wildman–Crippen LogP) is 1.88. The lowest BCUT2D eigenvalue weighted by Crippen LogP contribution is -2.09. The van der Waals surface area contributed by atoms with Crippen LogP contribution < -0.4 is 0 Å². The summed E-state index contributed by atoms with van der Waals surface area (Å²) in [6, 6.07) is 4.72. The van der Waals surface area contributed by atoms with Gasteiger partial charge in [-0.15, -0.1) is 0 Å². The van der Waals surface area contributed by atoms with Gasteiger partial charge in [-0.25, -0.2) is 4.79 Å². The second kappa shape index (κ2) is 5.50. The van der Waals surface area contributed by atoms with Crippen molar-refractivity contribution in [1.82, 2.24) is 0 Å². The van der Waals surface area contributed by atoms with Gasteiger partial charge in [0.2, 0.25) is 0 Å². The van der Waals surface area contributed by atoms with Crippen molar-refractivity contribution in [2.75, 3.05) is 6.61 Å². The number of esters is 1. The first kappa shape index (κ1) is 12.5. The van der Waals surface area contributed by atoms with Crippen LogP contribution in [0.25, 0.3) is 0 Å². The predicted molar refractivity (Wildman–Crippen MR) is 58.0 cm³/mol. The van der Waals surface area contributed by atoms with Gasteiger partial charge in [0.1, 0.15) is 6.07 Å². The molecule has 1 aromatic carbocycles. The van der Waals surface area contributed by atoms with Gasteiger partial charge in [0.25, 0.3) is 0 Å².